The van der Waals surface area contributed by atoms with E-state index in [0.29, 0.717) is 0 Å². The summed E-state index contributed by atoms with van der Waals surface area (Å²) in [5.41, 5.74) is 6.76. The molecular formula is C48H28O. The summed E-state index contributed by atoms with van der Waals surface area (Å²) in [4.78, 5) is 0. The van der Waals surface area contributed by atoms with Gasteiger partial charge in [0, 0.05) is 16.2 Å². The van der Waals surface area contributed by atoms with Crippen LogP contribution in [0.2, 0.25) is 0 Å². The molecule has 0 aliphatic heterocycles. The number of furan rings is 1. The molecule has 0 saturated carbocycles. The second-order valence-electron chi connectivity index (χ2n) is 13.2. The van der Waals surface area contributed by atoms with E-state index in [-0.39, 0.29) is 0 Å². The average Bonchev–Trinajstić information content (AvgIpc) is 3.56. The third-order valence-corrected chi connectivity index (χ3v) is 10.6. The van der Waals surface area contributed by atoms with Gasteiger partial charge in [0.05, 0.1) is 0 Å². The fourth-order valence-corrected chi connectivity index (χ4v) is 8.47. The van der Waals surface area contributed by atoms with Crippen LogP contribution in [0.5, 0.6) is 0 Å². The Bertz CT molecular complexity index is 3100. The monoisotopic (exact) mass is 620 g/mol. The molecule has 0 unspecified atom stereocenters. The predicted molar refractivity (Wildman–Crippen MR) is 210 cm³/mol. The Labute approximate surface area is 282 Å². The summed E-state index contributed by atoms with van der Waals surface area (Å²) in [7, 11) is 0. The lowest BCUT2D eigenvalue weighted by molar-refractivity contribution is 0.673. The third kappa shape index (κ3) is 3.76. The van der Waals surface area contributed by atoms with Gasteiger partial charge >= 0.3 is 0 Å². The Kier molecular flexibility index (Phi) is 5.45. The molecule has 0 atom stereocenters. The van der Waals surface area contributed by atoms with Crippen LogP contribution in [0.1, 0.15) is 0 Å². The first-order valence-corrected chi connectivity index (χ1v) is 16.9. The molecule has 0 radical (unpaired) electrons. The van der Waals surface area contributed by atoms with Gasteiger partial charge in [0.15, 0.2) is 0 Å². The SMILES string of the molecule is c1ccc2c(c1)ccc1ccc(-c3c4ccccc4c(-c4ccc5c(c4)oc4c6ccccc6c6ccccc6c54)c4ccccc34)cc12. The minimum Gasteiger partial charge on any atom is -0.455 e. The third-order valence-electron chi connectivity index (χ3n) is 10.6. The molecule has 49 heavy (non-hydrogen) atoms. The van der Waals surface area contributed by atoms with Crippen LogP contribution in [0.15, 0.2) is 174 Å². The summed E-state index contributed by atoms with van der Waals surface area (Å²) < 4.78 is 6.83. The summed E-state index contributed by atoms with van der Waals surface area (Å²) in [5.74, 6) is 0. The van der Waals surface area contributed by atoms with Crippen LogP contribution in [-0.4, -0.2) is 0 Å². The summed E-state index contributed by atoms with van der Waals surface area (Å²) in [6, 6.07) is 62.0. The van der Waals surface area contributed by atoms with E-state index >= 15 is 0 Å². The molecule has 11 aromatic rings. The largest absolute Gasteiger partial charge is 0.455 e. The maximum Gasteiger partial charge on any atom is 0.143 e. The first-order chi connectivity index (χ1) is 24.3. The van der Waals surface area contributed by atoms with Gasteiger partial charge in [0.1, 0.15) is 11.2 Å². The fourth-order valence-electron chi connectivity index (χ4n) is 8.47. The van der Waals surface area contributed by atoms with E-state index in [1.807, 2.05) is 0 Å². The van der Waals surface area contributed by atoms with Crippen molar-refractivity contribution in [3.05, 3.63) is 170 Å². The van der Waals surface area contributed by atoms with Crippen LogP contribution in [0, 0.1) is 0 Å². The molecule has 0 saturated heterocycles. The molecule has 11 rings (SSSR count). The maximum atomic E-state index is 6.83. The van der Waals surface area contributed by atoms with Crippen molar-refractivity contribution in [2.75, 3.05) is 0 Å². The minimum atomic E-state index is 0.910. The topological polar surface area (TPSA) is 13.1 Å². The smallest absolute Gasteiger partial charge is 0.143 e. The number of hydrogen-bond donors (Lipinski definition) is 0. The molecule has 0 spiro atoms. The lowest BCUT2D eigenvalue weighted by Crippen LogP contribution is -1.91. The van der Waals surface area contributed by atoms with E-state index < -0.39 is 0 Å². The van der Waals surface area contributed by atoms with E-state index in [1.165, 1.54) is 81.3 Å². The van der Waals surface area contributed by atoms with Crippen LogP contribution in [-0.2, 0) is 0 Å². The van der Waals surface area contributed by atoms with Crippen LogP contribution < -0.4 is 0 Å². The number of fused-ring (bicyclic) bond motifs is 13. The molecule has 1 nitrogen and oxygen atoms in total. The van der Waals surface area contributed by atoms with E-state index in [4.69, 9.17) is 4.42 Å². The van der Waals surface area contributed by atoms with Crippen molar-refractivity contribution in [3.63, 3.8) is 0 Å². The molecular weight excluding hydrogens is 593 g/mol. The Balaban J connectivity index is 1.21. The van der Waals surface area contributed by atoms with Crippen LogP contribution in [0.25, 0.3) is 109 Å². The van der Waals surface area contributed by atoms with Crippen LogP contribution >= 0.6 is 0 Å². The molecule has 1 aromatic heterocycles. The van der Waals surface area contributed by atoms with Crippen molar-refractivity contribution in [2.45, 2.75) is 0 Å². The van der Waals surface area contributed by atoms with E-state index in [9.17, 15) is 0 Å². The molecule has 0 aliphatic rings. The summed E-state index contributed by atoms with van der Waals surface area (Å²) in [6.07, 6.45) is 0. The highest BCUT2D eigenvalue weighted by atomic mass is 16.3. The van der Waals surface area contributed by atoms with Crippen molar-refractivity contribution >= 4 is 86.6 Å². The summed E-state index contributed by atoms with van der Waals surface area (Å²) >= 11 is 0. The highest BCUT2D eigenvalue weighted by Gasteiger charge is 2.20. The molecule has 10 aromatic carbocycles. The minimum absolute atomic E-state index is 0.910. The normalized spacial score (nSPS) is 12.1. The Hall–Kier alpha value is -6.44. The molecule has 0 bridgehead atoms. The summed E-state index contributed by atoms with van der Waals surface area (Å²) in [5, 5.41) is 17.2. The maximum absolute atomic E-state index is 6.83. The standard InChI is InChI=1S/C48H28O/c1-2-12-33-29(11-1)21-22-30-23-24-31(27-43(30)33)45-37-16-6-8-18-39(37)46(40-19-9-7-17-38(40)45)32-25-26-42-44(28-32)49-48-41-20-10-4-14-35(41)34-13-3-5-15-36(34)47(42)48/h1-28H. The van der Waals surface area contributed by atoms with Gasteiger partial charge in [-0.15, -0.1) is 0 Å². The molecule has 1 heterocycles. The van der Waals surface area contributed by atoms with Crippen molar-refractivity contribution in [1.29, 1.82) is 0 Å². The van der Waals surface area contributed by atoms with Crippen molar-refractivity contribution in [3.8, 4) is 22.3 Å². The second kappa shape index (κ2) is 10.0. The Morgan fingerprint density at radius 2 is 0.735 bits per heavy atom. The highest BCUT2D eigenvalue weighted by Crippen LogP contribution is 2.46. The zero-order chi connectivity index (χ0) is 32.1. The lowest BCUT2D eigenvalue weighted by Gasteiger charge is -2.18. The Morgan fingerprint density at radius 3 is 1.39 bits per heavy atom. The van der Waals surface area contributed by atoms with Gasteiger partial charge in [-0.05, 0) is 99.7 Å². The first-order valence-electron chi connectivity index (χ1n) is 16.9. The first kappa shape index (κ1) is 26.6. The average molecular weight is 621 g/mol. The van der Waals surface area contributed by atoms with Crippen molar-refractivity contribution < 1.29 is 4.42 Å². The zero-order valence-corrected chi connectivity index (χ0v) is 26.6. The van der Waals surface area contributed by atoms with Gasteiger partial charge in [0.25, 0.3) is 0 Å². The molecule has 0 amide bonds. The van der Waals surface area contributed by atoms with Crippen LogP contribution in [0.3, 0.4) is 0 Å². The quantitative estimate of drug-likeness (QED) is 0.138. The zero-order valence-electron chi connectivity index (χ0n) is 26.6. The van der Waals surface area contributed by atoms with E-state index in [1.54, 1.807) is 0 Å². The number of hydrogen-bond acceptors (Lipinski definition) is 1. The second-order valence-corrected chi connectivity index (χ2v) is 13.2. The van der Waals surface area contributed by atoms with Gasteiger partial charge < -0.3 is 4.42 Å². The van der Waals surface area contributed by atoms with E-state index in [2.05, 4.69) is 170 Å². The highest BCUT2D eigenvalue weighted by molar-refractivity contribution is 6.30. The van der Waals surface area contributed by atoms with Crippen molar-refractivity contribution in [1.82, 2.24) is 0 Å². The molecule has 1 heteroatoms. The molecule has 226 valence electrons. The van der Waals surface area contributed by atoms with Crippen LogP contribution in [0.4, 0.5) is 0 Å². The number of rotatable bonds is 2. The summed E-state index contributed by atoms with van der Waals surface area (Å²) in [6.45, 7) is 0. The molecule has 0 aliphatic carbocycles. The number of benzene rings is 10. The lowest BCUT2D eigenvalue weighted by atomic mass is 9.85. The Morgan fingerprint density at radius 1 is 0.286 bits per heavy atom. The molecule has 0 fully saturated rings. The van der Waals surface area contributed by atoms with Gasteiger partial charge in [-0.2, -0.15) is 0 Å². The van der Waals surface area contributed by atoms with Gasteiger partial charge in [-0.3, -0.25) is 0 Å². The van der Waals surface area contributed by atoms with Crippen molar-refractivity contribution in [2.24, 2.45) is 0 Å². The fraction of sp³-hybridized carbons (Fsp3) is 0. The van der Waals surface area contributed by atoms with Gasteiger partial charge in [0.2, 0.25) is 0 Å². The van der Waals surface area contributed by atoms with Gasteiger partial charge in [-0.25, -0.2) is 0 Å². The van der Waals surface area contributed by atoms with Gasteiger partial charge in [-0.1, -0.05) is 152 Å². The van der Waals surface area contributed by atoms with E-state index in [0.717, 1.165) is 27.5 Å². The molecule has 0 N–H and O–H groups in total. The predicted octanol–water partition coefficient (Wildman–Crippen LogP) is 13.8.